The Bertz CT molecular complexity index is 721. The second kappa shape index (κ2) is 5.69. The third kappa shape index (κ3) is 2.53. The molecule has 23 heavy (non-hydrogen) atoms. The lowest BCUT2D eigenvalue weighted by Crippen LogP contribution is -2.64. The number of rotatable bonds is 2. The molecule has 2 unspecified atom stereocenters. The second-order valence-electron chi connectivity index (χ2n) is 7.03. The van der Waals surface area contributed by atoms with E-state index < -0.39 is 0 Å². The summed E-state index contributed by atoms with van der Waals surface area (Å²) in [5.41, 5.74) is 1.52. The number of nitrogens with zero attached hydrogens (tertiary/aromatic N) is 3. The van der Waals surface area contributed by atoms with Crippen LogP contribution in [0.3, 0.4) is 0 Å². The lowest BCUT2D eigenvalue weighted by Gasteiger charge is -2.55. The van der Waals surface area contributed by atoms with Crippen molar-refractivity contribution in [3.8, 4) is 0 Å². The van der Waals surface area contributed by atoms with Crippen molar-refractivity contribution < 1.29 is 4.79 Å². The molecule has 5 nitrogen and oxygen atoms in total. The summed E-state index contributed by atoms with van der Waals surface area (Å²) in [6.45, 7) is 3.60. The molecule has 1 N–H and O–H groups in total. The zero-order chi connectivity index (χ0) is 14.7. The first kappa shape index (κ1) is 15.3. The van der Waals surface area contributed by atoms with E-state index in [2.05, 4.69) is 19.8 Å². The van der Waals surface area contributed by atoms with E-state index in [0.717, 1.165) is 29.2 Å². The van der Waals surface area contributed by atoms with Crippen LogP contribution >= 0.6 is 23.9 Å². The zero-order valence-electron chi connectivity index (χ0n) is 12.6. The van der Waals surface area contributed by atoms with Crippen LogP contribution in [0.4, 0.5) is 0 Å². The van der Waals surface area contributed by atoms with Crippen LogP contribution in [0, 0.1) is 17.8 Å². The maximum Gasteiger partial charge on any atom is 0.251 e. The van der Waals surface area contributed by atoms with Crippen LogP contribution in [0.15, 0.2) is 18.2 Å². The minimum absolute atomic E-state index is 0. The van der Waals surface area contributed by atoms with Crippen molar-refractivity contribution in [3.05, 3.63) is 23.8 Å². The Balaban J connectivity index is 0.00000135. The van der Waals surface area contributed by atoms with Crippen molar-refractivity contribution >= 4 is 40.1 Å². The van der Waals surface area contributed by atoms with E-state index >= 15 is 0 Å². The topological polar surface area (TPSA) is 58.1 Å². The highest BCUT2D eigenvalue weighted by atomic mass is 35.5. The first-order valence-electron chi connectivity index (χ1n) is 8.01. The quantitative estimate of drug-likeness (QED) is 0.902. The van der Waals surface area contributed by atoms with E-state index in [4.69, 9.17) is 0 Å². The molecule has 122 valence electrons. The van der Waals surface area contributed by atoms with Gasteiger partial charge in [0.25, 0.3) is 5.91 Å². The molecule has 1 aliphatic carbocycles. The number of carbonyl (C=O) groups excluding carboxylic acids is 1. The Morgan fingerprint density at radius 1 is 1.22 bits per heavy atom. The number of benzene rings is 1. The first-order chi connectivity index (χ1) is 10.8. The lowest BCUT2D eigenvalue weighted by atomic mass is 9.65. The van der Waals surface area contributed by atoms with Crippen LogP contribution in [0.2, 0.25) is 0 Å². The second-order valence-corrected chi connectivity index (χ2v) is 7.82. The van der Waals surface area contributed by atoms with Crippen LogP contribution < -0.4 is 5.32 Å². The molecule has 2 atom stereocenters. The Kier molecular flexibility index (Phi) is 3.78. The van der Waals surface area contributed by atoms with Crippen molar-refractivity contribution in [2.24, 2.45) is 17.8 Å². The van der Waals surface area contributed by atoms with Crippen molar-refractivity contribution in [2.45, 2.75) is 18.9 Å². The summed E-state index contributed by atoms with van der Waals surface area (Å²) in [6.07, 6.45) is 2.57. The van der Waals surface area contributed by atoms with Crippen LogP contribution in [0.1, 0.15) is 23.2 Å². The molecule has 1 aromatic heterocycles. The molecule has 0 radical (unpaired) electrons. The number of hydrogen-bond donors (Lipinski definition) is 1. The van der Waals surface area contributed by atoms with Crippen LogP contribution in [0.25, 0.3) is 10.2 Å². The van der Waals surface area contributed by atoms with Gasteiger partial charge in [-0.05, 0) is 60.3 Å². The highest BCUT2D eigenvalue weighted by Crippen LogP contribution is 2.43. The van der Waals surface area contributed by atoms with Crippen LogP contribution in [0.5, 0.6) is 0 Å². The fourth-order valence-electron chi connectivity index (χ4n) is 4.80. The van der Waals surface area contributed by atoms with Gasteiger partial charge in [-0.15, -0.1) is 17.5 Å². The van der Waals surface area contributed by atoms with Crippen molar-refractivity contribution in [1.82, 2.24) is 19.8 Å². The molecule has 1 aromatic carbocycles. The number of carbonyl (C=O) groups is 1. The fraction of sp³-hybridized carbons (Fsp3) is 0.562. The molecule has 3 aliphatic heterocycles. The summed E-state index contributed by atoms with van der Waals surface area (Å²) in [7, 11) is 0. The van der Waals surface area contributed by atoms with Crippen molar-refractivity contribution in [2.75, 3.05) is 19.6 Å². The predicted molar refractivity (Wildman–Crippen MR) is 92.1 cm³/mol. The number of nitrogens with one attached hydrogen (secondary N) is 1. The molecule has 1 amide bonds. The third-order valence-electron chi connectivity index (χ3n) is 5.60. The summed E-state index contributed by atoms with van der Waals surface area (Å²) < 4.78 is 4.96. The Morgan fingerprint density at radius 2 is 2.00 bits per heavy atom. The molecule has 0 spiro atoms. The van der Waals surface area contributed by atoms with Gasteiger partial charge >= 0.3 is 0 Å². The van der Waals surface area contributed by atoms with Gasteiger partial charge in [-0.25, -0.2) is 0 Å². The number of hydrogen-bond acceptors (Lipinski definition) is 5. The van der Waals surface area contributed by atoms with E-state index in [-0.39, 0.29) is 18.3 Å². The molecular weight excluding hydrogens is 332 g/mol. The summed E-state index contributed by atoms with van der Waals surface area (Å²) in [4.78, 5) is 15.2. The SMILES string of the molecule is Cl.O=C(NC1C2CC3CC1CN(C3)C2)c1ccc2snnc2c1. The average Bonchev–Trinajstić information content (AvgIpc) is 2.97. The summed E-state index contributed by atoms with van der Waals surface area (Å²) in [5, 5.41) is 7.39. The summed E-state index contributed by atoms with van der Waals surface area (Å²) in [6, 6.07) is 6.03. The van der Waals surface area contributed by atoms with Gasteiger partial charge in [0.2, 0.25) is 0 Å². The molecular formula is C16H19ClN4OS. The molecule has 4 fully saturated rings. The van der Waals surface area contributed by atoms with Gasteiger partial charge in [0, 0.05) is 31.2 Å². The summed E-state index contributed by atoms with van der Waals surface area (Å²) >= 11 is 1.36. The van der Waals surface area contributed by atoms with E-state index in [9.17, 15) is 4.79 Å². The van der Waals surface area contributed by atoms with E-state index in [1.54, 1.807) is 0 Å². The molecule has 4 heterocycles. The number of aromatic nitrogens is 2. The maximum atomic E-state index is 12.6. The molecule has 4 aliphatic rings. The van der Waals surface area contributed by atoms with Crippen LogP contribution in [-0.2, 0) is 0 Å². The number of halogens is 1. The maximum absolute atomic E-state index is 12.6. The molecule has 7 heteroatoms. The highest BCUT2D eigenvalue weighted by Gasteiger charge is 2.47. The summed E-state index contributed by atoms with van der Waals surface area (Å²) in [5.74, 6) is 2.19. The zero-order valence-corrected chi connectivity index (χ0v) is 14.3. The lowest BCUT2D eigenvalue weighted by molar-refractivity contribution is -0.0418. The standard InChI is InChI=1S/C16H18N4OS.ClH/c21-16(10-1-2-14-13(5-10)18-19-22-14)17-15-11-3-9-4-12(15)8-20(6-9)7-11;/h1-2,5,9,11-12,15H,3-4,6-8H2,(H,17,21);1H. The van der Waals surface area contributed by atoms with Gasteiger partial charge in [0.15, 0.2) is 0 Å². The Labute approximate surface area is 145 Å². The predicted octanol–water partition coefficient (Wildman–Crippen LogP) is 2.18. The molecule has 1 saturated carbocycles. The largest absolute Gasteiger partial charge is 0.349 e. The Hall–Kier alpha value is -1.24. The van der Waals surface area contributed by atoms with Gasteiger partial charge in [0.1, 0.15) is 5.52 Å². The number of fused-ring (bicyclic) bond motifs is 1. The average molecular weight is 351 g/mol. The normalized spacial score (nSPS) is 34.3. The molecule has 4 bridgehead atoms. The van der Waals surface area contributed by atoms with E-state index in [0.29, 0.717) is 23.4 Å². The highest BCUT2D eigenvalue weighted by molar-refractivity contribution is 7.12. The van der Waals surface area contributed by atoms with Gasteiger partial charge in [0.05, 0.1) is 4.70 Å². The van der Waals surface area contributed by atoms with Gasteiger partial charge in [-0.1, -0.05) is 4.49 Å². The Morgan fingerprint density at radius 3 is 2.74 bits per heavy atom. The minimum atomic E-state index is 0. The van der Waals surface area contributed by atoms with Crippen molar-refractivity contribution in [1.29, 1.82) is 0 Å². The van der Waals surface area contributed by atoms with E-state index in [1.807, 2.05) is 18.2 Å². The van der Waals surface area contributed by atoms with Gasteiger partial charge in [-0.3, -0.25) is 4.79 Å². The minimum Gasteiger partial charge on any atom is -0.349 e. The van der Waals surface area contributed by atoms with Gasteiger partial charge < -0.3 is 10.2 Å². The molecule has 6 rings (SSSR count). The number of amides is 1. The first-order valence-corrected chi connectivity index (χ1v) is 8.79. The van der Waals surface area contributed by atoms with Crippen molar-refractivity contribution in [3.63, 3.8) is 0 Å². The van der Waals surface area contributed by atoms with Gasteiger partial charge in [-0.2, -0.15) is 0 Å². The molecule has 2 aromatic rings. The fourth-order valence-corrected chi connectivity index (χ4v) is 5.34. The smallest absolute Gasteiger partial charge is 0.251 e. The van der Waals surface area contributed by atoms with Crippen LogP contribution in [-0.4, -0.2) is 46.1 Å². The monoisotopic (exact) mass is 350 g/mol. The van der Waals surface area contributed by atoms with E-state index in [1.165, 1.54) is 30.9 Å². The third-order valence-corrected chi connectivity index (χ3v) is 6.30. The molecule has 3 saturated heterocycles. The number of piperidine rings is 3.